The van der Waals surface area contributed by atoms with E-state index in [-0.39, 0.29) is 5.91 Å². The molecule has 0 aliphatic heterocycles. The van der Waals surface area contributed by atoms with Crippen molar-refractivity contribution in [1.82, 2.24) is 4.90 Å². The van der Waals surface area contributed by atoms with Gasteiger partial charge in [-0.05, 0) is 31.6 Å². The van der Waals surface area contributed by atoms with Gasteiger partial charge in [0.05, 0.1) is 5.60 Å². The second-order valence-electron chi connectivity index (χ2n) is 5.65. The van der Waals surface area contributed by atoms with Crippen LogP contribution in [0, 0.1) is 5.92 Å². The molecule has 1 saturated carbocycles. The van der Waals surface area contributed by atoms with Crippen LogP contribution in [0.15, 0.2) is 12.2 Å². The molecule has 0 spiro atoms. The van der Waals surface area contributed by atoms with Gasteiger partial charge >= 0.3 is 0 Å². The molecule has 1 amide bonds. The van der Waals surface area contributed by atoms with Gasteiger partial charge in [0.2, 0.25) is 5.91 Å². The van der Waals surface area contributed by atoms with Crippen molar-refractivity contribution in [2.24, 2.45) is 5.92 Å². The largest absolute Gasteiger partial charge is 0.388 e. The van der Waals surface area contributed by atoms with Crippen LogP contribution in [0.25, 0.3) is 0 Å². The molecule has 1 fully saturated rings. The third-order valence-corrected chi connectivity index (χ3v) is 4.04. The van der Waals surface area contributed by atoms with Gasteiger partial charge in [-0.2, -0.15) is 0 Å². The van der Waals surface area contributed by atoms with Gasteiger partial charge in [-0.1, -0.05) is 25.0 Å². The van der Waals surface area contributed by atoms with E-state index >= 15 is 0 Å². The van der Waals surface area contributed by atoms with Crippen LogP contribution in [-0.2, 0) is 4.79 Å². The summed E-state index contributed by atoms with van der Waals surface area (Å²) in [7, 11) is 1.82. The Hall–Kier alpha value is -0.830. The number of rotatable bonds is 4. The van der Waals surface area contributed by atoms with Gasteiger partial charge in [0.25, 0.3) is 0 Å². The number of hydrogen-bond acceptors (Lipinski definition) is 2. The van der Waals surface area contributed by atoms with Crippen LogP contribution in [0.5, 0.6) is 0 Å². The van der Waals surface area contributed by atoms with Gasteiger partial charge in [0, 0.05) is 20.0 Å². The molecule has 17 heavy (non-hydrogen) atoms. The topological polar surface area (TPSA) is 40.5 Å². The molecule has 1 unspecified atom stereocenters. The van der Waals surface area contributed by atoms with Crippen LogP contribution in [0.3, 0.4) is 0 Å². The average molecular weight is 237 g/mol. The van der Waals surface area contributed by atoms with Crippen molar-refractivity contribution in [3.05, 3.63) is 12.2 Å². The highest BCUT2D eigenvalue weighted by Gasteiger charge is 2.33. The van der Waals surface area contributed by atoms with Crippen LogP contribution >= 0.6 is 0 Å². The van der Waals surface area contributed by atoms with Gasteiger partial charge < -0.3 is 10.0 Å². The van der Waals surface area contributed by atoms with Crippen molar-refractivity contribution in [3.8, 4) is 0 Å². The summed E-state index contributed by atoms with van der Waals surface area (Å²) >= 11 is 0. The number of nitrogens with zero attached hydrogens (tertiary/aromatic N) is 1. The van der Waals surface area contributed by atoms with Gasteiger partial charge in [-0.25, -0.2) is 0 Å². The molecule has 1 atom stereocenters. The lowest BCUT2D eigenvalue weighted by molar-refractivity contribution is -0.133. The van der Waals surface area contributed by atoms with Crippen LogP contribution in [0.1, 0.15) is 44.9 Å². The molecule has 2 aliphatic rings. The maximum atomic E-state index is 12.0. The van der Waals surface area contributed by atoms with Crippen LogP contribution in [0.2, 0.25) is 0 Å². The number of allylic oxidation sites excluding steroid dienone is 2. The Kier molecular flexibility index (Phi) is 3.87. The van der Waals surface area contributed by atoms with Gasteiger partial charge in [-0.15, -0.1) is 0 Å². The number of amides is 1. The van der Waals surface area contributed by atoms with Crippen LogP contribution in [0.4, 0.5) is 0 Å². The molecular weight excluding hydrogens is 214 g/mol. The minimum atomic E-state index is -0.615. The molecule has 2 rings (SSSR count). The van der Waals surface area contributed by atoms with E-state index in [9.17, 15) is 9.90 Å². The fourth-order valence-electron chi connectivity index (χ4n) is 2.97. The molecule has 3 heteroatoms. The molecule has 1 N–H and O–H groups in total. The molecule has 0 heterocycles. The van der Waals surface area contributed by atoms with E-state index in [0.717, 1.165) is 38.5 Å². The normalized spacial score (nSPS) is 26.4. The summed E-state index contributed by atoms with van der Waals surface area (Å²) < 4.78 is 0. The fraction of sp³-hybridized carbons (Fsp3) is 0.786. The van der Waals surface area contributed by atoms with E-state index in [1.165, 1.54) is 0 Å². The third-order valence-electron chi connectivity index (χ3n) is 4.04. The second kappa shape index (κ2) is 5.21. The fourth-order valence-corrected chi connectivity index (χ4v) is 2.97. The van der Waals surface area contributed by atoms with E-state index in [1.807, 2.05) is 7.05 Å². The molecule has 2 aliphatic carbocycles. The third kappa shape index (κ3) is 3.32. The molecule has 0 bridgehead atoms. The van der Waals surface area contributed by atoms with Crippen molar-refractivity contribution in [1.29, 1.82) is 0 Å². The Balaban J connectivity index is 1.80. The lowest BCUT2D eigenvalue weighted by Gasteiger charge is -2.29. The highest BCUT2D eigenvalue weighted by Crippen LogP contribution is 2.30. The Morgan fingerprint density at radius 2 is 2.18 bits per heavy atom. The Morgan fingerprint density at radius 3 is 2.76 bits per heavy atom. The van der Waals surface area contributed by atoms with Crippen molar-refractivity contribution in [2.45, 2.75) is 50.5 Å². The maximum absolute atomic E-state index is 12.0. The molecule has 0 saturated heterocycles. The first-order valence-corrected chi connectivity index (χ1v) is 6.72. The first-order chi connectivity index (χ1) is 8.09. The number of carbonyl (C=O) groups excluding carboxylic acids is 1. The minimum Gasteiger partial charge on any atom is -0.388 e. The molecule has 0 aromatic rings. The SMILES string of the molecule is CN(CC1(O)CCCC1)C(=O)CC1C=CCC1. The maximum Gasteiger partial charge on any atom is 0.222 e. The zero-order valence-electron chi connectivity index (χ0n) is 10.7. The van der Waals surface area contributed by atoms with E-state index in [1.54, 1.807) is 4.90 Å². The van der Waals surface area contributed by atoms with Gasteiger partial charge in [0.15, 0.2) is 0 Å². The summed E-state index contributed by atoms with van der Waals surface area (Å²) in [5.41, 5.74) is -0.615. The highest BCUT2D eigenvalue weighted by molar-refractivity contribution is 5.76. The van der Waals surface area contributed by atoms with Crippen molar-refractivity contribution in [2.75, 3.05) is 13.6 Å². The molecule has 0 aromatic heterocycles. The molecular formula is C14H23NO2. The zero-order chi connectivity index (χ0) is 12.3. The van der Waals surface area contributed by atoms with E-state index in [2.05, 4.69) is 12.2 Å². The van der Waals surface area contributed by atoms with Crippen molar-refractivity contribution in [3.63, 3.8) is 0 Å². The Morgan fingerprint density at radius 1 is 1.47 bits per heavy atom. The molecule has 96 valence electrons. The zero-order valence-corrected chi connectivity index (χ0v) is 10.7. The Labute approximate surface area is 103 Å². The average Bonchev–Trinajstić information content (AvgIpc) is 2.90. The molecule has 0 aromatic carbocycles. The molecule has 0 radical (unpaired) electrons. The Bertz CT molecular complexity index is 305. The second-order valence-corrected chi connectivity index (χ2v) is 5.65. The summed E-state index contributed by atoms with van der Waals surface area (Å²) in [6.45, 7) is 0.502. The monoisotopic (exact) mass is 237 g/mol. The first kappa shape index (κ1) is 12.6. The summed E-state index contributed by atoms with van der Waals surface area (Å²) in [5.74, 6) is 0.588. The predicted molar refractivity (Wildman–Crippen MR) is 67.5 cm³/mol. The van der Waals surface area contributed by atoms with Gasteiger partial charge in [-0.3, -0.25) is 4.79 Å². The van der Waals surface area contributed by atoms with E-state index in [4.69, 9.17) is 0 Å². The van der Waals surface area contributed by atoms with Crippen molar-refractivity contribution < 1.29 is 9.90 Å². The quantitative estimate of drug-likeness (QED) is 0.761. The van der Waals surface area contributed by atoms with Crippen LogP contribution in [-0.4, -0.2) is 35.1 Å². The highest BCUT2D eigenvalue weighted by atomic mass is 16.3. The van der Waals surface area contributed by atoms with E-state index < -0.39 is 5.60 Å². The number of hydrogen-bond donors (Lipinski definition) is 1. The van der Waals surface area contributed by atoms with Crippen LogP contribution < -0.4 is 0 Å². The summed E-state index contributed by atoms with van der Waals surface area (Å²) in [6, 6.07) is 0. The lowest BCUT2D eigenvalue weighted by atomic mass is 10.0. The smallest absolute Gasteiger partial charge is 0.222 e. The standard InChI is InChI=1S/C14H23NO2/c1-15(11-14(17)8-4-5-9-14)13(16)10-12-6-2-3-7-12/h2,6,12,17H,3-5,7-11H2,1H3. The van der Waals surface area contributed by atoms with Crippen molar-refractivity contribution >= 4 is 5.91 Å². The number of carbonyl (C=O) groups is 1. The van der Waals surface area contributed by atoms with E-state index in [0.29, 0.717) is 18.9 Å². The lowest BCUT2D eigenvalue weighted by Crippen LogP contribution is -2.42. The predicted octanol–water partition coefficient (Wildman–Crippen LogP) is 2.11. The summed E-state index contributed by atoms with van der Waals surface area (Å²) in [5, 5.41) is 10.3. The minimum absolute atomic E-state index is 0.168. The number of likely N-dealkylation sites (N-methyl/N-ethyl adjacent to an activating group) is 1. The summed E-state index contributed by atoms with van der Waals surface area (Å²) in [4.78, 5) is 13.7. The van der Waals surface area contributed by atoms with Gasteiger partial charge in [0.1, 0.15) is 0 Å². The molecule has 3 nitrogen and oxygen atoms in total. The number of aliphatic hydroxyl groups is 1. The summed E-state index contributed by atoms with van der Waals surface area (Å²) in [6.07, 6.45) is 11.0. The first-order valence-electron chi connectivity index (χ1n) is 6.72.